The van der Waals surface area contributed by atoms with Crippen molar-refractivity contribution in [3.63, 3.8) is 0 Å². The van der Waals surface area contributed by atoms with Gasteiger partial charge in [0.1, 0.15) is 5.75 Å². The van der Waals surface area contributed by atoms with E-state index in [1.807, 2.05) is 50.1 Å². The Morgan fingerprint density at radius 3 is 2.48 bits per heavy atom. The van der Waals surface area contributed by atoms with Crippen LogP contribution in [0.2, 0.25) is 0 Å². The molecule has 1 rings (SSSR count). The van der Waals surface area contributed by atoms with Gasteiger partial charge in [0, 0.05) is 45.3 Å². The van der Waals surface area contributed by atoms with Crippen LogP contribution >= 0.6 is 24.0 Å². The van der Waals surface area contributed by atoms with Crippen LogP contribution in [0.3, 0.4) is 0 Å². The van der Waals surface area contributed by atoms with Crippen LogP contribution < -0.4 is 10.1 Å². The molecule has 0 aliphatic heterocycles. The van der Waals surface area contributed by atoms with Gasteiger partial charge in [-0.1, -0.05) is 25.1 Å². The van der Waals surface area contributed by atoms with Crippen molar-refractivity contribution >= 4 is 40.0 Å². The molecule has 9 heteroatoms. The van der Waals surface area contributed by atoms with Crippen molar-refractivity contribution < 1.29 is 13.2 Å². The largest absolute Gasteiger partial charge is 0.496 e. The number of guanidine groups is 1. The topological polar surface area (TPSA) is 74.2 Å². The van der Waals surface area contributed by atoms with E-state index in [-0.39, 0.29) is 24.0 Å². The van der Waals surface area contributed by atoms with Gasteiger partial charge in [0.25, 0.3) is 0 Å². The molecular weight excluding hydrogens is 479 g/mol. The Kier molecular flexibility index (Phi) is 12.6. The number of nitrogens with one attached hydrogen (secondary N) is 1. The number of methoxy groups -OCH3 is 1. The van der Waals surface area contributed by atoms with Crippen LogP contribution in [0, 0.1) is 0 Å². The minimum absolute atomic E-state index is 0. The molecule has 0 radical (unpaired) electrons. The van der Waals surface area contributed by atoms with E-state index in [9.17, 15) is 8.42 Å². The molecule has 27 heavy (non-hydrogen) atoms. The van der Waals surface area contributed by atoms with Crippen molar-refractivity contribution in [2.45, 2.75) is 26.8 Å². The van der Waals surface area contributed by atoms with Gasteiger partial charge in [-0.3, -0.25) is 4.99 Å². The van der Waals surface area contributed by atoms with Crippen LogP contribution in [0.1, 0.15) is 25.8 Å². The first kappa shape index (κ1) is 25.9. The Hall–Kier alpha value is -1.07. The number of aliphatic imine (C=N–C) groups is 1. The van der Waals surface area contributed by atoms with Crippen molar-refractivity contribution in [3.8, 4) is 5.75 Å². The quantitative estimate of drug-likeness (QED) is 0.226. The average molecular weight is 512 g/mol. The first-order valence-corrected chi connectivity index (χ1v) is 10.7. The summed E-state index contributed by atoms with van der Waals surface area (Å²) in [4.78, 5) is 6.66. The molecule has 156 valence electrons. The van der Waals surface area contributed by atoms with Crippen LogP contribution in [0.4, 0.5) is 0 Å². The number of hydrogen-bond acceptors (Lipinski definition) is 4. The zero-order valence-corrected chi connectivity index (χ0v) is 20.1. The van der Waals surface area contributed by atoms with Gasteiger partial charge in [-0.25, -0.2) is 12.7 Å². The van der Waals surface area contributed by atoms with Gasteiger partial charge in [0.2, 0.25) is 10.0 Å². The van der Waals surface area contributed by atoms with Crippen molar-refractivity contribution in [2.75, 3.05) is 46.6 Å². The van der Waals surface area contributed by atoms with Gasteiger partial charge in [-0.05, 0) is 19.4 Å². The Morgan fingerprint density at radius 1 is 1.26 bits per heavy atom. The third-order valence-electron chi connectivity index (χ3n) is 3.95. The van der Waals surface area contributed by atoms with Gasteiger partial charge in [0.05, 0.1) is 13.4 Å². The maximum absolute atomic E-state index is 11.6. The third kappa shape index (κ3) is 9.11. The van der Waals surface area contributed by atoms with Gasteiger partial charge < -0.3 is 15.0 Å². The second kappa shape index (κ2) is 13.2. The fourth-order valence-corrected chi connectivity index (χ4v) is 3.55. The van der Waals surface area contributed by atoms with Crippen molar-refractivity contribution in [1.29, 1.82) is 0 Å². The summed E-state index contributed by atoms with van der Waals surface area (Å²) in [5, 5.41) is 3.28. The van der Waals surface area contributed by atoms with Crippen LogP contribution in [0.5, 0.6) is 5.75 Å². The molecule has 0 spiro atoms. The normalized spacial score (nSPS) is 11.9. The van der Waals surface area contributed by atoms with Crippen LogP contribution in [0.15, 0.2) is 29.3 Å². The molecule has 1 aromatic carbocycles. The lowest BCUT2D eigenvalue weighted by atomic mass is 10.2. The molecule has 0 atom stereocenters. The number of rotatable bonds is 10. The summed E-state index contributed by atoms with van der Waals surface area (Å²) in [6, 6.07) is 7.91. The monoisotopic (exact) mass is 512 g/mol. The van der Waals surface area contributed by atoms with Gasteiger partial charge >= 0.3 is 0 Å². The summed E-state index contributed by atoms with van der Waals surface area (Å²) < 4.78 is 30.1. The third-order valence-corrected chi connectivity index (χ3v) is 5.32. The van der Waals surface area contributed by atoms with Crippen LogP contribution in [-0.4, -0.2) is 70.2 Å². The molecule has 0 amide bonds. The number of ether oxygens (including phenoxy) is 1. The zero-order chi connectivity index (χ0) is 19.6. The maximum Gasteiger partial charge on any atom is 0.211 e. The summed E-state index contributed by atoms with van der Waals surface area (Å²) in [5.74, 6) is 1.64. The number of sulfonamides is 1. The summed E-state index contributed by atoms with van der Waals surface area (Å²) in [6.45, 7) is 6.82. The zero-order valence-electron chi connectivity index (χ0n) is 16.9. The molecule has 0 unspecified atom stereocenters. The summed E-state index contributed by atoms with van der Waals surface area (Å²) >= 11 is 0. The maximum atomic E-state index is 11.6. The fourth-order valence-electron chi connectivity index (χ4n) is 2.62. The van der Waals surface area contributed by atoms with Crippen molar-refractivity contribution in [2.24, 2.45) is 4.99 Å². The second-order valence-electron chi connectivity index (χ2n) is 6.01. The molecule has 0 heterocycles. The minimum Gasteiger partial charge on any atom is -0.496 e. The van der Waals surface area contributed by atoms with Gasteiger partial charge in [-0.15, -0.1) is 24.0 Å². The number of hydrogen-bond donors (Lipinski definition) is 1. The lowest BCUT2D eigenvalue weighted by Gasteiger charge is -2.23. The smallest absolute Gasteiger partial charge is 0.211 e. The summed E-state index contributed by atoms with van der Waals surface area (Å²) in [6.07, 6.45) is 1.92. The second-order valence-corrected chi connectivity index (χ2v) is 7.99. The lowest BCUT2D eigenvalue weighted by molar-refractivity contribution is 0.395. The summed E-state index contributed by atoms with van der Waals surface area (Å²) in [5.41, 5.74) is 1.08. The highest BCUT2D eigenvalue weighted by molar-refractivity contribution is 14.0. The highest BCUT2D eigenvalue weighted by atomic mass is 127. The highest BCUT2D eigenvalue weighted by Crippen LogP contribution is 2.18. The fraction of sp³-hybridized carbons (Fsp3) is 0.611. The van der Waals surface area contributed by atoms with Crippen molar-refractivity contribution in [1.82, 2.24) is 14.5 Å². The Bertz CT molecular complexity index is 683. The molecule has 0 aliphatic carbocycles. The van der Waals surface area contributed by atoms with E-state index in [0.29, 0.717) is 32.6 Å². The van der Waals surface area contributed by atoms with Crippen molar-refractivity contribution in [3.05, 3.63) is 29.8 Å². The van der Waals surface area contributed by atoms with Gasteiger partial charge in [0.15, 0.2) is 5.96 Å². The first-order valence-electron chi connectivity index (χ1n) is 8.89. The summed E-state index contributed by atoms with van der Waals surface area (Å²) in [7, 11) is 0.495. The molecule has 0 saturated heterocycles. The standard InChI is InChI=1S/C18H32N4O3S.HI/c1-6-19-18(20-13-10-14-22(7-2)26(5,23)24)21(3)15-16-11-8-9-12-17(16)25-4;/h8-9,11-12H,6-7,10,13-15H2,1-5H3,(H,19,20);1H. The van der Waals surface area contributed by atoms with E-state index in [2.05, 4.69) is 10.3 Å². The molecule has 0 bridgehead atoms. The Labute approximate surface area is 181 Å². The Balaban J connectivity index is 0.00000676. The highest BCUT2D eigenvalue weighted by Gasteiger charge is 2.13. The molecule has 0 aliphatic rings. The average Bonchev–Trinajstić information content (AvgIpc) is 2.60. The molecule has 0 aromatic heterocycles. The molecule has 1 aromatic rings. The van der Waals surface area contributed by atoms with Crippen LogP contribution in [0.25, 0.3) is 0 Å². The van der Waals surface area contributed by atoms with Crippen LogP contribution in [-0.2, 0) is 16.6 Å². The van der Waals surface area contributed by atoms with E-state index in [1.165, 1.54) is 10.6 Å². The van der Waals surface area contributed by atoms with E-state index in [4.69, 9.17) is 4.74 Å². The minimum atomic E-state index is -3.15. The molecule has 7 nitrogen and oxygen atoms in total. The molecule has 1 N–H and O–H groups in total. The number of para-hydroxylation sites is 1. The van der Waals surface area contributed by atoms with E-state index in [1.54, 1.807) is 7.11 Å². The molecular formula is C18H33IN4O3S. The Morgan fingerprint density at radius 2 is 1.93 bits per heavy atom. The predicted octanol–water partition coefficient (Wildman–Crippen LogP) is 2.38. The predicted molar refractivity (Wildman–Crippen MR) is 123 cm³/mol. The SMILES string of the molecule is CCNC(=NCCCN(CC)S(C)(=O)=O)N(C)Cc1ccccc1OC.I. The number of benzene rings is 1. The lowest BCUT2D eigenvalue weighted by Crippen LogP contribution is -2.38. The molecule has 0 saturated carbocycles. The first-order chi connectivity index (χ1) is 12.3. The number of halogens is 1. The van der Waals surface area contributed by atoms with E-state index < -0.39 is 10.0 Å². The van der Waals surface area contributed by atoms with E-state index in [0.717, 1.165) is 23.8 Å². The van der Waals surface area contributed by atoms with Gasteiger partial charge in [-0.2, -0.15) is 0 Å². The number of nitrogens with zero attached hydrogens (tertiary/aromatic N) is 3. The molecule has 0 fully saturated rings. The van der Waals surface area contributed by atoms with E-state index >= 15 is 0 Å².